The lowest BCUT2D eigenvalue weighted by molar-refractivity contribution is -0.00806. The number of rotatable bonds is 6. The average molecular weight is 553 g/mol. The molecule has 4 rings (SSSR count). The minimum Gasteiger partial charge on any atom is -0.370 e. The fraction of sp³-hybridized carbons (Fsp3) is 0.583. The van der Waals surface area contributed by atoms with Gasteiger partial charge in [-0.2, -0.15) is 5.10 Å². The van der Waals surface area contributed by atoms with Crippen molar-refractivity contribution in [2.75, 3.05) is 39.3 Å². The van der Waals surface area contributed by atoms with Crippen molar-refractivity contribution in [1.82, 2.24) is 24.9 Å². The Morgan fingerprint density at radius 3 is 2.78 bits per heavy atom. The van der Waals surface area contributed by atoms with Crippen LogP contribution in [0.2, 0.25) is 0 Å². The van der Waals surface area contributed by atoms with Crippen LogP contribution in [0.25, 0.3) is 0 Å². The summed E-state index contributed by atoms with van der Waals surface area (Å²) in [5.74, 6) is 1.61. The van der Waals surface area contributed by atoms with Crippen molar-refractivity contribution in [3.8, 4) is 0 Å². The van der Waals surface area contributed by atoms with Crippen molar-refractivity contribution >= 4 is 29.9 Å². The molecule has 0 aliphatic carbocycles. The van der Waals surface area contributed by atoms with Crippen LogP contribution in [0.15, 0.2) is 47.7 Å². The van der Waals surface area contributed by atoms with Crippen LogP contribution in [-0.4, -0.2) is 70.9 Å². The van der Waals surface area contributed by atoms with Crippen LogP contribution in [0, 0.1) is 5.92 Å². The second kappa shape index (κ2) is 12.0. The number of hydrogen-bond donors (Lipinski definition) is 1. The largest absolute Gasteiger partial charge is 0.370 e. The summed E-state index contributed by atoms with van der Waals surface area (Å²) in [5, 5.41) is 7.80. The zero-order valence-electron chi connectivity index (χ0n) is 19.5. The van der Waals surface area contributed by atoms with Gasteiger partial charge in [-0.3, -0.25) is 14.6 Å². The number of nitrogens with one attached hydrogen (secondary N) is 1. The van der Waals surface area contributed by atoms with Crippen LogP contribution >= 0.6 is 24.0 Å². The summed E-state index contributed by atoms with van der Waals surface area (Å²) < 4.78 is 7.85. The zero-order valence-corrected chi connectivity index (χ0v) is 21.8. The van der Waals surface area contributed by atoms with Gasteiger partial charge < -0.3 is 15.0 Å². The van der Waals surface area contributed by atoms with E-state index in [1.807, 2.05) is 24.1 Å². The number of aliphatic imine (C=N–C) groups is 1. The number of aromatic nitrogens is 2. The second-order valence-corrected chi connectivity index (χ2v) is 8.81. The lowest BCUT2D eigenvalue weighted by Gasteiger charge is -2.35. The highest BCUT2D eigenvalue weighted by molar-refractivity contribution is 14.0. The Morgan fingerprint density at radius 2 is 2.06 bits per heavy atom. The molecule has 0 bridgehead atoms. The molecule has 3 unspecified atom stereocenters. The van der Waals surface area contributed by atoms with Crippen molar-refractivity contribution in [3.05, 3.63) is 53.9 Å². The number of halogens is 1. The van der Waals surface area contributed by atoms with Gasteiger partial charge in [0, 0.05) is 57.6 Å². The fourth-order valence-corrected chi connectivity index (χ4v) is 4.68. The van der Waals surface area contributed by atoms with Gasteiger partial charge in [-0.1, -0.05) is 30.3 Å². The van der Waals surface area contributed by atoms with E-state index in [1.165, 1.54) is 12.0 Å². The maximum Gasteiger partial charge on any atom is 0.194 e. The third kappa shape index (κ3) is 6.45. The molecule has 7 nitrogen and oxygen atoms in total. The van der Waals surface area contributed by atoms with E-state index >= 15 is 0 Å². The topological polar surface area (TPSA) is 57.9 Å². The SMILES string of the molecule is CCNC(=NCC1CC(C)N(Cc2ccccc2)C1)N1CCOC(c2cnn(C)c2)C1.I. The van der Waals surface area contributed by atoms with E-state index < -0.39 is 0 Å². The fourth-order valence-electron chi connectivity index (χ4n) is 4.68. The van der Waals surface area contributed by atoms with Crippen molar-refractivity contribution in [3.63, 3.8) is 0 Å². The van der Waals surface area contributed by atoms with Gasteiger partial charge in [-0.25, -0.2) is 0 Å². The lowest BCUT2D eigenvalue weighted by Crippen LogP contribution is -2.48. The molecule has 0 radical (unpaired) electrons. The molecule has 0 spiro atoms. The molecule has 1 N–H and O–H groups in total. The molecule has 0 amide bonds. The molecule has 8 heteroatoms. The van der Waals surface area contributed by atoms with Gasteiger partial charge in [0.1, 0.15) is 6.10 Å². The number of ether oxygens (including phenoxy) is 1. The van der Waals surface area contributed by atoms with E-state index in [4.69, 9.17) is 9.73 Å². The number of benzene rings is 1. The first-order chi connectivity index (χ1) is 15.1. The van der Waals surface area contributed by atoms with Gasteiger partial charge in [-0.05, 0) is 31.7 Å². The first-order valence-electron chi connectivity index (χ1n) is 11.5. The molecule has 0 saturated carbocycles. The Bertz CT molecular complexity index is 857. The lowest BCUT2D eigenvalue weighted by atomic mass is 10.1. The summed E-state index contributed by atoms with van der Waals surface area (Å²) in [6.07, 6.45) is 5.19. The zero-order chi connectivity index (χ0) is 21.6. The van der Waals surface area contributed by atoms with Crippen LogP contribution in [0.1, 0.15) is 37.5 Å². The Labute approximate surface area is 209 Å². The number of aryl methyl sites for hydroxylation is 1. The molecule has 3 atom stereocenters. The van der Waals surface area contributed by atoms with Gasteiger partial charge in [0.05, 0.1) is 19.3 Å². The maximum atomic E-state index is 6.01. The molecule has 1 aromatic carbocycles. The average Bonchev–Trinajstić information content (AvgIpc) is 3.37. The molecular weight excluding hydrogens is 515 g/mol. The Morgan fingerprint density at radius 1 is 1.25 bits per heavy atom. The van der Waals surface area contributed by atoms with Crippen LogP contribution in [0.3, 0.4) is 0 Å². The first-order valence-corrected chi connectivity index (χ1v) is 11.5. The summed E-state index contributed by atoms with van der Waals surface area (Å²) >= 11 is 0. The number of likely N-dealkylation sites (tertiary alicyclic amines) is 1. The van der Waals surface area contributed by atoms with Crippen LogP contribution < -0.4 is 5.32 Å². The van der Waals surface area contributed by atoms with Crippen molar-refractivity contribution in [1.29, 1.82) is 0 Å². The molecule has 1 aromatic heterocycles. The highest BCUT2D eigenvalue weighted by Crippen LogP contribution is 2.26. The molecular formula is C24H37IN6O. The van der Waals surface area contributed by atoms with Gasteiger partial charge in [0.25, 0.3) is 0 Å². The minimum atomic E-state index is 0. The minimum absolute atomic E-state index is 0. The number of guanidine groups is 1. The Balaban J connectivity index is 0.00000289. The molecule has 3 heterocycles. The summed E-state index contributed by atoms with van der Waals surface area (Å²) in [6.45, 7) is 10.7. The van der Waals surface area contributed by atoms with Gasteiger partial charge in [0.2, 0.25) is 0 Å². The predicted octanol–water partition coefficient (Wildman–Crippen LogP) is 3.29. The highest BCUT2D eigenvalue weighted by Gasteiger charge is 2.30. The van der Waals surface area contributed by atoms with Crippen molar-refractivity contribution in [2.45, 2.75) is 39.0 Å². The molecule has 176 valence electrons. The monoisotopic (exact) mass is 552 g/mol. The van der Waals surface area contributed by atoms with Crippen LogP contribution in [0.5, 0.6) is 0 Å². The maximum absolute atomic E-state index is 6.01. The summed E-state index contributed by atoms with van der Waals surface area (Å²) in [6, 6.07) is 11.4. The van der Waals surface area contributed by atoms with E-state index in [2.05, 4.69) is 64.4 Å². The normalized spacial score (nSPS) is 24.4. The molecule has 2 aromatic rings. The van der Waals surface area contributed by atoms with Crippen LogP contribution in [-0.2, 0) is 18.3 Å². The number of nitrogens with zero attached hydrogens (tertiary/aromatic N) is 5. The standard InChI is InChI=1S/C24H36N6O.HI/c1-4-25-24(29-10-11-31-23(18-29)22-14-27-28(3)17-22)26-13-21-12-19(2)30(16-21)15-20-8-6-5-7-9-20;/h5-9,14,17,19,21,23H,4,10-13,15-16,18H2,1-3H3,(H,25,26);1H. The third-order valence-corrected chi connectivity index (χ3v) is 6.32. The van der Waals surface area contributed by atoms with E-state index in [1.54, 1.807) is 0 Å². The van der Waals surface area contributed by atoms with E-state index in [9.17, 15) is 0 Å². The van der Waals surface area contributed by atoms with E-state index in [-0.39, 0.29) is 30.1 Å². The van der Waals surface area contributed by atoms with Gasteiger partial charge in [0.15, 0.2) is 5.96 Å². The highest BCUT2D eigenvalue weighted by atomic mass is 127. The predicted molar refractivity (Wildman–Crippen MR) is 139 cm³/mol. The van der Waals surface area contributed by atoms with Gasteiger partial charge in [-0.15, -0.1) is 24.0 Å². The third-order valence-electron chi connectivity index (χ3n) is 6.32. The summed E-state index contributed by atoms with van der Waals surface area (Å²) in [7, 11) is 1.94. The number of hydrogen-bond acceptors (Lipinski definition) is 4. The molecule has 2 saturated heterocycles. The Hall–Kier alpha value is -1.65. The van der Waals surface area contributed by atoms with Gasteiger partial charge >= 0.3 is 0 Å². The molecule has 2 aliphatic heterocycles. The number of morpholine rings is 1. The first kappa shape index (κ1) is 25.0. The Kier molecular flexibility index (Phi) is 9.36. The summed E-state index contributed by atoms with van der Waals surface area (Å²) in [4.78, 5) is 9.99. The molecule has 2 aliphatic rings. The van der Waals surface area contributed by atoms with E-state index in [0.29, 0.717) is 18.6 Å². The van der Waals surface area contributed by atoms with Crippen LogP contribution in [0.4, 0.5) is 0 Å². The molecule has 32 heavy (non-hydrogen) atoms. The molecule has 2 fully saturated rings. The second-order valence-electron chi connectivity index (χ2n) is 8.81. The summed E-state index contributed by atoms with van der Waals surface area (Å²) in [5.41, 5.74) is 2.52. The van der Waals surface area contributed by atoms with E-state index in [0.717, 1.165) is 50.8 Å². The van der Waals surface area contributed by atoms with Crippen molar-refractivity contribution in [2.24, 2.45) is 18.0 Å². The van der Waals surface area contributed by atoms with Crippen molar-refractivity contribution < 1.29 is 4.74 Å². The smallest absolute Gasteiger partial charge is 0.194 e. The quantitative estimate of drug-likeness (QED) is 0.339.